The van der Waals surface area contributed by atoms with Crippen molar-refractivity contribution in [2.75, 3.05) is 5.32 Å². The van der Waals surface area contributed by atoms with Gasteiger partial charge in [-0.1, -0.05) is 35.1 Å². The summed E-state index contributed by atoms with van der Waals surface area (Å²) in [5.41, 5.74) is 0.408. The second-order valence-corrected chi connectivity index (χ2v) is 4.93. The first-order chi connectivity index (χ1) is 7.66. The molecule has 0 atom stereocenters. The van der Waals surface area contributed by atoms with Crippen molar-refractivity contribution in [1.82, 2.24) is 10.2 Å². The Kier molecular flexibility index (Phi) is 3.33. The molecule has 4 nitrogen and oxygen atoms in total. The van der Waals surface area contributed by atoms with Crippen LogP contribution in [0.5, 0.6) is 0 Å². The topological polar surface area (TPSA) is 57.8 Å². The maximum absolute atomic E-state index is 11.8. The van der Waals surface area contributed by atoms with Crippen LogP contribution in [0.3, 0.4) is 0 Å². The van der Waals surface area contributed by atoms with Gasteiger partial charge < -0.3 is 0 Å². The average Bonchev–Trinajstić information content (AvgIpc) is 2.64. The van der Waals surface area contributed by atoms with Crippen LogP contribution in [0.2, 0.25) is 5.02 Å². The van der Waals surface area contributed by atoms with E-state index in [1.165, 1.54) is 11.3 Å². The molecular weight excluding hydrogens is 266 g/mol. The van der Waals surface area contributed by atoms with Crippen molar-refractivity contribution in [2.24, 2.45) is 0 Å². The summed E-state index contributed by atoms with van der Waals surface area (Å²) in [5, 5.41) is 9.83. The summed E-state index contributed by atoms with van der Waals surface area (Å²) in [5.74, 6) is -0.302. The van der Waals surface area contributed by atoms with Crippen LogP contribution < -0.4 is 5.32 Å². The predicted octanol–water partition coefficient (Wildman–Crippen LogP) is 3.11. The molecule has 0 aliphatic carbocycles. The van der Waals surface area contributed by atoms with Crippen molar-refractivity contribution in [3.05, 3.63) is 38.8 Å². The second-order valence-electron chi connectivity index (χ2n) is 2.85. The molecule has 0 bridgehead atoms. The number of carbonyl (C=O) groups is 1. The molecule has 0 spiro atoms. The summed E-state index contributed by atoms with van der Waals surface area (Å²) in [6.45, 7) is 0. The third-order valence-corrected chi connectivity index (χ3v) is 3.11. The highest BCUT2D eigenvalue weighted by Gasteiger charge is 2.10. The number of hydrogen-bond acceptors (Lipinski definition) is 4. The molecule has 7 heteroatoms. The molecule has 1 amide bonds. The van der Waals surface area contributed by atoms with E-state index < -0.39 is 0 Å². The van der Waals surface area contributed by atoms with E-state index >= 15 is 0 Å². The van der Waals surface area contributed by atoms with Gasteiger partial charge in [-0.05, 0) is 24.4 Å². The van der Waals surface area contributed by atoms with E-state index in [2.05, 4.69) is 15.5 Å². The van der Waals surface area contributed by atoms with Gasteiger partial charge in [0.25, 0.3) is 5.91 Å². The maximum Gasteiger partial charge on any atom is 0.259 e. The third kappa shape index (κ3) is 2.46. The fourth-order valence-corrected chi connectivity index (χ4v) is 2.10. The van der Waals surface area contributed by atoms with Crippen LogP contribution in [-0.2, 0) is 0 Å². The van der Waals surface area contributed by atoms with Crippen LogP contribution in [0, 0.1) is 3.95 Å². The van der Waals surface area contributed by atoms with Gasteiger partial charge in [0.05, 0.1) is 10.6 Å². The van der Waals surface area contributed by atoms with Crippen LogP contribution in [0.1, 0.15) is 10.4 Å². The lowest BCUT2D eigenvalue weighted by Crippen LogP contribution is -2.12. The highest BCUT2D eigenvalue weighted by molar-refractivity contribution is 7.73. The maximum atomic E-state index is 11.8. The minimum absolute atomic E-state index is 0.302. The molecule has 2 aromatic rings. The van der Waals surface area contributed by atoms with Crippen molar-refractivity contribution in [3.8, 4) is 0 Å². The molecule has 0 saturated heterocycles. The highest BCUT2D eigenvalue weighted by Crippen LogP contribution is 2.18. The lowest BCUT2D eigenvalue weighted by Gasteiger charge is -2.02. The number of benzene rings is 1. The molecule has 0 fully saturated rings. The molecule has 0 aliphatic rings. The molecule has 0 unspecified atom stereocenters. The minimum atomic E-state index is -0.302. The van der Waals surface area contributed by atoms with Gasteiger partial charge in [-0.3, -0.25) is 15.2 Å². The SMILES string of the molecule is O=C(Nc1n[nH]c(=S)s1)c1ccccc1Cl. The largest absolute Gasteiger partial charge is 0.296 e. The van der Waals surface area contributed by atoms with Crippen molar-refractivity contribution in [2.45, 2.75) is 0 Å². The Labute approximate surface area is 105 Å². The number of aromatic nitrogens is 2. The molecule has 0 radical (unpaired) electrons. The molecule has 0 saturated carbocycles. The summed E-state index contributed by atoms with van der Waals surface area (Å²) in [6.07, 6.45) is 0. The zero-order valence-electron chi connectivity index (χ0n) is 7.86. The van der Waals surface area contributed by atoms with Gasteiger partial charge in [0.2, 0.25) is 5.13 Å². The molecule has 1 aromatic carbocycles. The van der Waals surface area contributed by atoms with E-state index in [0.717, 1.165) is 0 Å². The number of amides is 1. The first kappa shape index (κ1) is 11.3. The summed E-state index contributed by atoms with van der Waals surface area (Å²) in [4.78, 5) is 11.8. The van der Waals surface area contributed by atoms with Crippen molar-refractivity contribution >= 4 is 46.2 Å². The van der Waals surface area contributed by atoms with Gasteiger partial charge in [-0.25, -0.2) is 0 Å². The van der Waals surface area contributed by atoms with Crippen molar-refractivity contribution < 1.29 is 4.79 Å². The van der Waals surface area contributed by atoms with Crippen LogP contribution in [0.25, 0.3) is 0 Å². The van der Waals surface area contributed by atoms with Gasteiger partial charge in [-0.15, -0.1) is 5.10 Å². The molecule has 1 heterocycles. The van der Waals surface area contributed by atoms with Crippen LogP contribution in [-0.4, -0.2) is 16.1 Å². The fraction of sp³-hybridized carbons (Fsp3) is 0. The first-order valence-corrected chi connectivity index (χ1v) is 5.88. The number of halogens is 1. The average molecular weight is 272 g/mol. The van der Waals surface area contributed by atoms with Gasteiger partial charge in [-0.2, -0.15) is 0 Å². The molecular formula is C9H6ClN3OS2. The standard InChI is InChI=1S/C9H6ClN3OS2/c10-6-4-2-1-3-5(6)7(14)11-8-12-13-9(15)16-8/h1-4H,(H,13,15)(H,11,12,14). The number of nitrogens with zero attached hydrogens (tertiary/aromatic N) is 1. The lowest BCUT2D eigenvalue weighted by atomic mass is 10.2. The van der Waals surface area contributed by atoms with Crippen LogP contribution >= 0.6 is 35.2 Å². The smallest absolute Gasteiger partial charge is 0.259 e. The number of hydrogen-bond donors (Lipinski definition) is 2. The Hall–Kier alpha value is -1.24. The molecule has 0 aliphatic heterocycles. The quantitative estimate of drug-likeness (QED) is 0.825. The zero-order chi connectivity index (χ0) is 11.5. The van der Waals surface area contributed by atoms with Crippen molar-refractivity contribution in [3.63, 3.8) is 0 Å². The third-order valence-electron chi connectivity index (χ3n) is 1.78. The van der Waals surface area contributed by atoms with Gasteiger partial charge in [0, 0.05) is 0 Å². The Morgan fingerprint density at radius 1 is 1.50 bits per heavy atom. The van der Waals surface area contributed by atoms with Crippen LogP contribution in [0.4, 0.5) is 5.13 Å². The monoisotopic (exact) mass is 271 g/mol. The summed E-state index contributed by atoms with van der Waals surface area (Å²) in [7, 11) is 0. The lowest BCUT2D eigenvalue weighted by molar-refractivity contribution is 0.102. The Bertz CT molecular complexity index is 578. The van der Waals surface area contributed by atoms with E-state index in [4.69, 9.17) is 23.8 Å². The van der Waals surface area contributed by atoms with E-state index in [9.17, 15) is 4.79 Å². The van der Waals surface area contributed by atoms with E-state index in [0.29, 0.717) is 19.7 Å². The minimum Gasteiger partial charge on any atom is -0.296 e. The van der Waals surface area contributed by atoms with Gasteiger partial charge >= 0.3 is 0 Å². The Morgan fingerprint density at radius 3 is 2.88 bits per heavy atom. The van der Waals surface area contributed by atoms with Crippen LogP contribution in [0.15, 0.2) is 24.3 Å². The molecule has 2 N–H and O–H groups in total. The van der Waals surface area contributed by atoms with E-state index in [1.807, 2.05) is 0 Å². The van der Waals surface area contributed by atoms with Gasteiger partial charge in [0.1, 0.15) is 0 Å². The number of H-pyrrole nitrogens is 1. The molecule has 82 valence electrons. The van der Waals surface area contributed by atoms with E-state index in [-0.39, 0.29) is 5.91 Å². The Balaban J connectivity index is 2.21. The second kappa shape index (κ2) is 4.73. The molecule has 16 heavy (non-hydrogen) atoms. The first-order valence-electron chi connectivity index (χ1n) is 4.28. The number of carbonyl (C=O) groups excluding carboxylic acids is 1. The Morgan fingerprint density at radius 2 is 2.25 bits per heavy atom. The fourth-order valence-electron chi connectivity index (χ4n) is 1.09. The number of nitrogens with one attached hydrogen (secondary N) is 2. The zero-order valence-corrected chi connectivity index (χ0v) is 10.2. The number of aromatic amines is 1. The molecule has 1 aromatic heterocycles. The summed E-state index contributed by atoms with van der Waals surface area (Å²) >= 11 is 11.9. The normalized spacial score (nSPS) is 10.1. The van der Waals surface area contributed by atoms with Crippen molar-refractivity contribution in [1.29, 1.82) is 0 Å². The molecule has 2 rings (SSSR count). The predicted molar refractivity (Wildman–Crippen MR) is 66.7 cm³/mol. The highest BCUT2D eigenvalue weighted by atomic mass is 35.5. The van der Waals surface area contributed by atoms with Gasteiger partial charge in [0.15, 0.2) is 3.95 Å². The number of rotatable bonds is 2. The summed E-state index contributed by atoms with van der Waals surface area (Å²) < 4.78 is 0.509. The van der Waals surface area contributed by atoms with E-state index in [1.54, 1.807) is 24.3 Å². The number of anilines is 1. The summed E-state index contributed by atoms with van der Waals surface area (Å²) in [6, 6.07) is 6.80.